The third-order valence-electron chi connectivity index (χ3n) is 6.53. The zero-order chi connectivity index (χ0) is 24.2. The van der Waals surface area contributed by atoms with Crippen LogP contribution in [0.1, 0.15) is 18.1 Å². The van der Waals surface area contributed by atoms with Crippen molar-refractivity contribution in [2.24, 2.45) is 0 Å². The average Bonchev–Trinajstić information content (AvgIpc) is 3.29. The number of thiazole rings is 1. The van der Waals surface area contributed by atoms with Gasteiger partial charge in [-0.25, -0.2) is 9.97 Å². The van der Waals surface area contributed by atoms with Gasteiger partial charge in [-0.15, -0.1) is 0 Å². The molecule has 0 amide bonds. The Balaban J connectivity index is 1.35. The molecule has 0 saturated carbocycles. The molecule has 35 heavy (non-hydrogen) atoms. The van der Waals surface area contributed by atoms with E-state index in [1.54, 1.807) is 18.4 Å². The van der Waals surface area contributed by atoms with E-state index in [4.69, 9.17) is 9.72 Å². The molecule has 4 heterocycles. The summed E-state index contributed by atoms with van der Waals surface area (Å²) < 4.78 is 6.44. The van der Waals surface area contributed by atoms with Crippen LogP contribution in [0.3, 0.4) is 0 Å². The van der Waals surface area contributed by atoms with Gasteiger partial charge in [-0.3, -0.25) is 9.88 Å². The lowest BCUT2D eigenvalue weighted by Gasteiger charge is -2.36. The predicted molar refractivity (Wildman–Crippen MR) is 145 cm³/mol. The zero-order valence-electron chi connectivity index (χ0n) is 20.6. The molecule has 1 aliphatic rings. The number of benzene rings is 1. The third-order valence-corrected chi connectivity index (χ3v) is 7.57. The van der Waals surface area contributed by atoms with Gasteiger partial charge in [-0.05, 0) is 48.2 Å². The molecule has 3 aromatic heterocycles. The van der Waals surface area contributed by atoms with E-state index >= 15 is 0 Å². The summed E-state index contributed by atoms with van der Waals surface area (Å²) in [6.45, 7) is 10.2. The highest BCUT2D eigenvalue weighted by atomic mass is 32.1. The van der Waals surface area contributed by atoms with Crippen LogP contribution in [0.2, 0.25) is 0 Å². The normalized spacial score (nSPS) is 14.5. The molecule has 1 saturated heterocycles. The predicted octanol–water partition coefficient (Wildman–Crippen LogP) is 5.14. The number of anilines is 3. The van der Waals surface area contributed by atoms with Gasteiger partial charge in [0.15, 0.2) is 5.13 Å². The molecule has 7 nitrogen and oxygen atoms in total. The van der Waals surface area contributed by atoms with Crippen LogP contribution in [-0.2, 0) is 11.2 Å². The Labute approximate surface area is 210 Å². The van der Waals surface area contributed by atoms with Crippen molar-refractivity contribution in [3.8, 4) is 11.1 Å². The number of hydrogen-bond donors (Lipinski definition) is 1. The fraction of sp³-hybridized carbons (Fsp3) is 0.370. The van der Waals surface area contributed by atoms with E-state index in [9.17, 15) is 0 Å². The SMILES string of the molecule is CCc1c(-c2cncc(C)c2)ccc2nc(Nc3cc(N4CCN(CCOC)CC4)ccn3)sc12. The largest absolute Gasteiger partial charge is 0.383 e. The Morgan fingerprint density at radius 3 is 2.71 bits per heavy atom. The number of aryl methyl sites for hydroxylation is 2. The maximum absolute atomic E-state index is 5.22. The van der Waals surface area contributed by atoms with Crippen molar-refractivity contribution in [3.63, 3.8) is 0 Å². The minimum atomic E-state index is 0.786. The molecule has 0 spiro atoms. The van der Waals surface area contributed by atoms with Crippen LogP contribution >= 0.6 is 11.3 Å². The Kier molecular flexibility index (Phi) is 7.22. The Bertz CT molecular complexity index is 1300. The van der Waals surface area contributed by atoms with Crippen LogP contribution in [0.5, 0.6) is 0 Å². The first-order valence-electron chi connectivity index (χ1n) is 12.2. The number of piperazine rings is 1. The number of ether oxygens (including phenoxy) is 1. The maximum atomic E-state index is 5.22. The summed E-state index contributed by atoms with van der Waals surface area (Å²) in [4.78, 5) is 18.7. The van der Waals surface area contributed by atoms with Crippen molar-refractivity contribution in [1.29, 1.82) is 0 Å². The summed E-state index contributed by atoms with van der Waals surface area (Å²) in [6.07, 6.45) is 6.65. The topological polar surface area (TPSA) is 66.4 Å². The van der Waals surface area contributed by atoms with E-state index in [0.29, 0.717) is 0 Å². The minimum absolute atomic E-state index is 0.786. The molecule has 1 N–H and O–H groups in total. The quantitative estimate of drug-likeness (QED) is 0.368. The second-order valence-corrected chi connectivity index (χ2v) is 9.91. The van der Waals surface area contributed by atoms with Crippen LogP contribution in [0.15, 0.2) is 48.9 Å². The monoisotopic (exact) mass is 488 g/mol. The fourth-order valence-electron chi connectivity index (χ4n) is 4.67. The van der Waals surface area contributed by atoms with Gasteiger partial charge in [0.25, 0.3) is 0 Å². The summed E-state index contributed by atoms with van der Waals surface area (Å²) in [5.41, 5.74) is 7.08. The Morgan fingerprint density at radius 2 is 1.94 bits per heavy atom. The van der Waals surface area contributed by atoms with Gasteiger partial charge in [0, 0.05) is 75.7 Å². The number of hydrogen-bond acceptors (Lipinski definition) is 8. The molecule has 0 atom stereocenters. The second-order valence-electron chi connectivity index (χ2n) is 8.91. The number of methoxy groups -OCH3 is 1. The van der Waals surface area contributed by atoms with E-state index in [1.807, 2.05) is 18.6 Å². The lowest BCUT2D eigenvalue weighted by atomic mass is 9.98. The molecule has 182 valence electrons. The van der Waals surface area contributed by atoms with Crippen molar-refractivity contribution >= 4 is 38.2 Å². The molecule has 8 heteroatoms. The molecule has 0 unspecified atom stereocenters. The van der Waals surface area contributed by atoms with E-state index in [1.165, 1.54) is 27.1 Å². The summed E-state index contributed by atoms with van der Waals surface area (Å²) in [7, 11) is 1.76. The number of pyridine rings is 2. The minimum Gasteiger partial charge on any atom is -0.383 e. The van der Waals surface area contributed by atoms with Crippen LogP contribution < -0.4 is 10.2 Å². The van der Waals surface area contributed by atoms with Gasteiger partial charge < -0.3 is 15.0 Å². The van der Waals surface area contributed by atoms with Gasteiger partial charge in [0.1, 0.15) is 5.82 Å². The lowest BCUT2D eigenvalue weighted by Crippen LogP contribution is -2.47. The molecular formula is C27H32N6OS. The van der Waals surface area contributed by atoms with Crippen molar-refractivity contribution in [1.82, 2.24) is 19.9 Å². The summed E-state index contributed by atoms with van der Waals surface area (Å²) in [6, 6.07) is 10.7. The summed E-state index contributed by atoms with van der Waals surface area (Å²) in [5, 5.41) is 4.32. The molecule has 1 aromatic carbocycles. The summed E-state index contributed by atoms with van der Waals surface area (Å²) >= 11 is 1.69. The lowest BCUT2D eigenvalue weighted by molar-refractivity contribution is 0.144. The second kappa shape index (κ2) is 10.7. The van der Waals surface area contributed by atoms with Gasteiger partial charge in [0.2, 0.25) is 0 Å². The highest BCUT2D eigenvalue weighted by Gasteiger charge is 2.18. The standard InChI is InChI=1S/C27H32N6OS/c1-4-22-23(20-15-19(2)17-28-18-20)5-6-24-26(22)35-27(30-24)31-25-16-21(7-8-29-25)33-11-9-32(10-12-33)13-14-34-3/h5-8,15-18H,4,9-14H2,1-3H3,(H,29,30,31). The van der Waals surface area contributed by atoms with Crippen molar-refractivity contribution in [2.45, 2.75) is 20.3 Å². The van der Waals surface area contributed by atoms with Crippen LogP contribution in [0.25, 0.3) is 21.3 Å². The number of rotatable bonds is 8. The van der Waals surface area contributed by atoms with Crippen molar-refractivity contribution in [2.75, 3.05) is 56.7 Å². The highest BCUT2D eigenvalue weighted by Crippen LogP contribution is 2.36. The first-order valence-corrected chi connectivity index (χ1v) is 13.0. The highest BCUT2D eigenvalue weighted by molar-refractivity contribution is 7.22. The van der Waals surface area contributed by atoms with Crippen LogP contribution in [-0.4, -0.2) is 66.3 Å². The molecule has 0 aliphatic carbocycles. The van der Waals surface area contributed by atoms with E-state index in [2.05, 4.69) is 69.3 Å². The van der Waals surface area contributed by atoms with E-state index < -0.39 is 0 Å². The fourth-order valence-corrected chi connectivity index (χ4v) is 5.76. The van der Waals surface area contributed by atoms with Crippen LogP contribution in [0.4, 0.5) is 16.6 Å². The van der Waals surface area contributed by atoms with Gasteiger partial charge in [-0.2, -0.15) is 0 Å². The number of nitrogens with zero attached hydrogens (tertiary/aromatic N) is 5. The number of nitrogens with one attached hydrogen (secondary N) is 1. The van der Waals surface area contributed by atoms with Crippen molar-refractivity contribution < 1.29 is 4.74 Å². The van der Waals surface area contributed by atoms with E-state index in [-0.39, 0.29) is 0 Å². The molecular weight excluding hydrogens is 456 g/mol. The molecule has 0 radical (unpaired) electrons. The van der Waals surface area contributed by atoms with Gasteiger partial charge in [-0.1, -0.05) is 24.3 Å². The third kappa shape index (κ3) is 5.29. The number of fused-ring (bicyclic) bond motifs is 1. The molecule has 5 rings (SSSR count). The zero-order valence-corrected chi connectivity index (χ0v) is 21.4. The van der Waals surface area contributed by atoms with Crippen LogP contribution in [0, 0.1) is 6.92 Å². The van der Waals surface area contributed by atoms with Gasteiger partial charge >= 0.3 is 0 Å². The first kappa shape index (κ1) is 23.7. The number of aromatic nitrogens is 3. The average molecular weight is 489 g/mol. The summed E-state index contributed by atoms with van der Waals surface area (Å²) in [5.74, 6) is 0.824. The maximum Gasteiger partial charge on any atom is 0.189 e. The molecule has 1 fully saturated rings. The van der Waals surface area contributed by atoms with E-state index in [0.717, 1.165) is 67.8 Å². The first-order chi connectivity index (χ1) is 17.1. The molecule has 4 aromatic rings. The molecule has 0 bridgehead atoms. The Morgan fingerprint density at radius 1 is 1.09 bits per heavy atom. The smallest absolute Gasteiger partial charge is 0.189 e. The Hall–Kier alpha value is -3.07. The molecule has 1 aliphatic heterocycles. The van der Waals surface area contributed by atoms with Crippen molar-refractivity contribution in [3.05, 3.63) is 60.0 Å². The van der Waals surface area contributed by atoms with Gasteiger partial charge in [0.05, 0.1) is 16.8 Å².